The van der Waals surface area contributed by atoms with Crippen LogP contribution in [-0.2, 0) is 4.74 Å². The molecule has 1 aromatic heterocycles. The molecule has 0 amide bonds. The summed E-state index contributed by atoms with van der Waals surface area (Å²) in [5.41, 5.74) is 10.6. The van der Waals surface area contributed by atoms with Gasteiger partial charge in [0.05, 0.1) is 18.4 Å². The highest BCUT2D eigenvalue weighted by molar-refractivity contribution is 5.91. The maximum Gasteiger partial charge on any atom is 0.337 e. The average molecular weight is 254 g/mol. The molecule has 3 rings (SSSR count). The number of aromatic nitrogens is 1. The minimum atomic E-state index is -0.331. The predicted octanol–water partition coefficient (Wildman–Crippen LogP) is 1.94. The molecular weight excluding hydrogens is 240 g/mol. The quantitative estimate of drug-likeness (QED) is 0.832. The molecule has 1 unspecified atom stereocenters. The summed E-state index contributed by atoms with van der Waals surface area (Å²) in [4.78, 5) is 16.0. The van der Waals surface area contributed by atoms with E-state index in [9.17, 15) is 4.79 Å². The number of nitrogens with two attached hydrogens (primary N) is 1. The zero-order valence-electron chi connectivity index (χ0n) is 10.6. The van der Waals surface area contributed by atoms with E-state index in [4.69, 9.17) is 10.5 Å². The van der Waals surface area contributed by atoms with Crippen LogP contribution in [0.4, 0.5) is 0 Å². The molecule has 1 atom stereocenters. The Kier molecular flexibility index (Phi) is 2.80. The van der Waals surface area contributed by atoms with E-state index in [0.29, 0.717) is 12.1 Å². The molecule has 0 bridgehead atoms. The van der Waals surface area contributed by atoms with Crippen LogP contribution in [-0.4, -0.2) is 24.6 Å². The Labute approximate surface area is 111 Å². The molecule has 1 heterocycles. The average Bonchev–Trinajstić information content (AvgIpc) is 2.79. The van der Waals surface area contributed by atoms with Crippen molar-refractivity contribution in [2.45, 2.75) is 5.92 Å². The Morgan fingerprint density at radius 3 is 2.95 bits per heavy atom. The highest BCUT2D eigenvalue weighted by Crippen LogP contribution is 2.43. The first kappa shape index (κ1) is 11.9. The van der Waals surface area contributed by atoms with Gasteiger partial charge in [0, 0.05) is 24.2 Å². The van der Waals surface area contributed by atoms with E-state index >= 15 is 0 Å². The lowest BCUT2D eigenvalue weighted by Crippen LogP contribution is -2.12. The Morgan fingerprint density at radius 1 is 1.37 bits per heavy atom. The maximum atomic E-state index is 11.6. The molecule has 4 heteroatoms. The monoisotopic (exact) mass is 254 g/mol. The first-order valence-corrected chi connectivity index (χ1v) is 6.14. The minimum absolute atomic E-state index is 0.100. The topological polar surface area (TPSA) is 65.2 Å². The van der Waals surface area contributed by atoms with Crippen LogP contribution in [0.15, 0.2) is 36.5 Å². The van der Waals surface area contributed by atoms with Crippen molar-refractivity contribution in [3.05, 3.63) is 53.2 Å². The number of ether oxygens (including phenoxy) is 1. The third kappa shape index (κ3) is 1.72. The zero-order chi connectivity index (χ0) is 13.4. The molecular formula is C15H14N2O2. The lowest BCUT2D eigenvalue weighted by molar-refractivity contribution is 0.0600. The van der Waals surface area contributed by atoms with E-state index in [0.717, 1.165) is 22.4 Å². The second kappa shape index (κ2) is 4.48. The molecule has 0 fully saturated rings. The van der Waals surface area contributed by atoms with Gasteiger partial charge < -0.3 is 10.5 Å². The fraction of sp³-hybridized carbons (Fsp3) is 0.200. The van der Waals surface area contributed by atoms with Gasteiger partial charge in [-0.1, -0.05) is 12.1 Å². The van der Waals surface area contributed by atoms with Gasteiger partial charge in [0.1, 0.15) is 0 Å². The number of pyridine rings is 1. The molecule has 19 heavy (non-hydrogen) atoms. The largest absolute Gasteiger partial charge is 0.465 e. The highest BCUT2D eigenvalue weighted by atomic mass is 16.5. The number of esters is 1. The first-order valence-electron chi connectivity index (χ1n) is 6.14. The molecule has 0 spiro atoms. The summed E-state index contributed by atoms with van der Waals surface area (Å²) in [5, 5.41) is 0. The molecule has 96 valence electrons. The number of rotatable bonds is 2. The van der Waals surface area contributed by atoms with Gasteiger partial charge in [-0.2, -0.15) is 0 Å². The van der Waals surface area contributed by atoms with Crippen molar-refractivity contribution in [3.63, 3.8) is 0 Å². The van der Waals surface area contributed by atoms with Crippen LogP contribution in [0.5, 0.6) is 0 Å². The molecule has 0 saturated carbocycles. The molecule has 1 aliphatic carbocycles. The van der Waals surface area contributed by atoms with Crippen LogP contribution < -0.4 is 5.73 Å². The Balaban J connectivity index is 2.17. The molecule has 2 aromatic rings. The van der Waals surface area contributed by atoms with Gasteiger partial charge in [-0.15, -0.1) is 0 Å². The highest BCUT2D eigenvalue weighted by Gasteiger charge is 2.29. The number of fused-ring (bicyclic) bond motifs is 3. The SMILES string of the molecule is COC(=O)c1ccc2c(c1)C(CN)c1cccnc1-2. The van der Waals surface area contributed by atoms with Crippen molar-refractivity contribution in [3.8, 4) is 11.3 Å². The molecule has 2 N–H and O–H groups in total. The summed E-state index contributed by atoms with van der Waals surface area (Å²) in [6.45, 7) is 0.496. The van der Waals surface area contributed by atoms with Gasteiger partial charge in [-0.3, -0.25) is 4.98 Å². The third-order valence-corrected chi connectivity index (χ3v) is 3.55. The number of benzene rings is 1. The van der Waals surface area contributed by atoms with Crippen LogP contribution >= 0.6 is 0 Å². The number of hydrogen-bond acceptors (Lipinski definition) is 4. The smallest absolute Gasteiger partial charge is 0.337 e. The summed E-state index contributed by atoms with van der Waals surface area (Å²) >= 11 is 0. The number of carbonyl (C=O) groups is 1. The first-order chi connectivity index (χ1) is 9.26. The second-order valence-electron chi connectivity index (χ2n) is 4.52. The van der Waals surface area contributed by atoms with Gasteiger partial charge in [0.2, 0.25) is 0 Å². The molecule has 0 saturated heterocycles. The minimum Gasteiger partial charge on any atom is -0.465 e. The lowest BCUT2D eigenvalue weighted by Gasteiger charge is -2.10. The summed E-state index contributed by atoms with van der Waals surface area (Å²) in [7, 11) is 1.38. The Bertz CT molecular complexity index is 652. The summed E-state index contributed by atoms with van der Waals surface area (Å²) in [6.07, 6.45) is 1.77. The van der Waals surface area contributed by atoms with Crippen LogP contribution in [0, 0.1) is 0 Å². The van der Waals surface area contributed by atoms with Crippen molar-refractivity contribution in [1.82, 2.24) is 4.98 Å². The van der Waals surface area contributed by atoms with Crippen molar-refractivity contribution >= 4 is 5.97 Å². The Hall–Kier alpha value is -2.20. The van der Waals surface area contributed by atoms with Crippen molar-refractivity contribution in [2.24, 2.45) is 5.73 Å². The summed E-state index contributed by atoms with van der Waals surface area (Å²) in [6, 6.07) is 9.50. The second-order valence-corrected chi connectivity index (χ2v) is 4.52. The van der Waals surface area contributed by atoms with E-state index in [2.05, 4.69) is 4.98 Å². The molecule has 0 aliphatic heterocycles. The van der Waals surface area contributed by atoms with Crippen LogP contribution in [0.3, 0.4) is 0 Å². The molecule has 0 radical (unpaired) electrons. The predicted molar refractivity (Wildman–Crippen MR) is 71.9 cm³/mol. The van der Waals surface area contributed by atoms with Crippen molar-refractivity contribution in [1.29, 1.82) is 0 Å². The van der Waals surface area contributed by atoms with Gasteiger partial charge in [0.25, 0.3) is 0 Å². The van der Waals surface area contributed by atoms with Gasteiger partial charge in [-0.05, 0) is 29.3 Å². The standard InChI is InChI=1S/C15H14N2O2/c1-19-15(18)9-4-5-11-12(7-9)13(8-16)10-3-2-6-17-14(10)11/h2-7,13H,8,16H2,1H3. The summed E-state index contributed by atoms with van der Waals surface area (Å²) in [5.74, 6) is -0.231. The van der Waals surface area contributed by atoms with E-state index in [1.54, 1.807) is 12.3 Å². The van der Waals surface area contributed by atoms with Crippen molar-refractivity contribution < 1.29 is 9.53 Å². The van der Waals surface area contributed by atoms with Crippen LogP contribution in [0.1, 0.15) is 27.4 Å². The van der Waals surface area contributed by atoms with E-state index in [1.165, 1.54) is 7.11 Å². The molecule has 4 nitrogen and oxygen atoms in total. The van der Waals surface area contributed by atoms with Gasteiger partial charge in [-0.25, -0.2) is 4.79 Å². The maximum absolute atomic E-state index is 11.6. The fourth-order valence-electron chi connectivity index (χ4n) is 2.66. The van der Waals surface area contributed by atoms with Crippen LogP contribution in [0.25, 0.3) is 11.3 Å². The zero-order valence-corrected chi connectivity index (χ0v) is 10.6. The fourth-order valence-corrected chi connectivity index (χ4v) is 2.66. The third-order valence-electron chi connectivity index (χ3n) is 3.55. The Morgan fingerprint density at radius 2 is 2.21 bits per heavy atom. The normalized spacial score (nSPS) is 15.8. The van der Waals surface area contributed by atoms with Crippen LogP contribution in [0.2, 0.25) is 0 Å². The number of methoxy groups -OCH3 is 1. The molecule has 1 aliphatic rings. The number of nitrogens with zero attached hydrogens (tertiary/aromatic N) is 1. The number of carbonyl (C=O) groups excluding carboxylic acids is 1. The van der Waals surface area contributed by atoms with E-state index in [1.807, 2.05) is 24.3 Å². The lowest BCUT2D eigenvalue weighted by atomic mass is 9.96. The number of hydrogen-bond donors (Lipinski definition) is 1. The van der Waals surface area contributed by atoms with Crippen molar-refractivity contribution in [2.75, 3.05) is 13.7 Å². The van der Waals surface area contributed by atoms with E-state index < -0.39 is 0 Å². The van der Waals surface area contributed by atoms with Gasteiger partial charge >= 0.3 is 5.97 Å². The summed E-state index contributed by atoms with van der Waals surface area (Å²) < 4.78 is 4.76. The van der Waals surface area contributed by atoms with E-state index in [-0.39, 0.29) is 11.9 Å². The molecule has 1 aromatic carbocycles. The van der Waals surface area contributed by atoms with Gasteiger partial charge in [0.15, 0.2) is 0 Å².